The first-order valence-corrected chi connectivity index (χ1v) is 22.5. The second-order valence-electron chi connectivity index (χ2n) is 15.6. The van der Waals surface area contributed by atoms with Crippen molar-refractivity contribution in [2.24, 2.45) is 0 Å². The van der Waals surface area contributed by atoms with Gasteiger partial charge in [-0.1, -0.05) is 239 Å². The number of carbonyl (C=O) groups excluding carboxylic acids is 1. The van der Waals surface area contributed by atoms with E-state index in [0.717, 1.165) is 32.1 Å². The Balaban J connectivity index is 3.17. The van der Waals surface area contributed by atoms with Crippen LogP contribution in [0.3, 0.4) is 0 Å². The molecule has 1 N–H and O–H groups in total. The molecule has 1 atom stereocenters. The molecule has 0 aromatic heterocycles. The lowest BCUT2D eigenvalue weighted by atomic mass is 10.0. The Labute approximate surface area is 303 Å². The number of esters is 1. The van der Waals surface area contributed by atoms with Crippen LogP contribution in [0, 0.1) is 0 Å². The third kappa shape index (κ3) is 41.6. The maximum atomic E-state index is 12.0. The minimum Gasteiger partial charge on any atom is -0.466 e. The molecule has 0 aromatic carbocycles. The van der Waals surface area contributed by atoms with Crippen molar-refractivity contribution in [1.82, 2.24) is 0 Å². The predicted octanol–water partition coefficient (Wildman–Crippen LogP) is 15.5. The van der Waals surface area contributed by atoms with Crippen molar-refractivity contribution >= 4 is 5.97 Å². The van der Waals surface area contributed by atoms with E-state index in [0.29, 0.717) is 13.0 Å². The number of unbranched alkanes of at least 4 members (excludes halogenated alkanes) is 34. The maximum Gasteiger partial charge on any atom is 0.305 e. The summed E-state index contributed by atoms with van der Waals surface area (Å²) in [7, 11) is 0. The van der Waals surface area contributed by atoms with E-state index in [1.165, 1.54) is 218 Å². The quantitative estimate of drug-likeness (QED) is 0.0516. The standard InChI is InChI=1S/C45H90O3/c1-3-5-7-9-10-11-12-13-14-15-16-17-18-19-20-21-22-23-24-25-26-29-32-35-39-43-48-45(47)42-38-34-31-28-27-30-33-37-41-44(46)40-36-8-6-4-2/h44,46H,3-43H2,1-2H3. The first-order chi connectivity index (χ1) is 23.7. The molecule has 288 valence electrons. The Morgan fingerprint density at radius 1 is 0.375 bits per heavy atom. The highest BCUT2D eigenvalue weighted by Gasteiger charge is 2.05. The highest BCUT2D eigenvalue weighted by atomic mass is 16.5. The van der Waals surface area contributed by atoms with E-state index in [-0.39, 0.29) is 12.1 Å². The summed E-state index contributed by atoms with van der Waals surface area (Å²) in [4.78, 5) is 12.0. The predicted molar refractivity (Wildman–Crippen MR) is 213 cm³/mol. The molecule has 0 radical (unpaired) electrons. The van der Waals surface area contributed by atoms with Crippen LogP contribution in [0.2, 0.25) is 0 Å². The van der Waals surface area contributed by atoms with Gasteiger partial charge in [-0.25, -0.2) is 0 Å². The van der Waals surface area contributed by atoms with Crippen molar-refractivity contribution in [2.45, 2.75) is 277 Å². The Hall–Kier alpha value is -0.570. The number of rotatable bonds is 42. The second kappa shape index (κ2) is 42.6. The molecule has 1 unspecified atom stereocenters. The largest absolute Gasteiger partial charge is 0.466 e. The summed E-state index contributed by atoms with van der Waals surface area (Å²) in [5, 5.41) is 10.1. The topological polar surface area (TPSA) is 46.5 Å². The molecule has 0 aliphatic carbocycles. The molecule has 0 saturated heterocycles. The second-order valence-corrected chi connectivity index (χ2v) is 15.6. The van der Waals surface area contributed by atoms with Gasteiger partial charge in [0, 0.05) is 6.42 Å². The zero-order chi connectivity index (χ0) is 34.9. The van der Waals surface area contributed by atoms with Gasteiger partial charge in [0.1, 0.15) is 0 Å². The third-order valence-electron chi connectivity index (χ3n) is 10.6. The number of hydrogen-bond donors (Lipinski definition) is 1. The monoisotopic (exact) mass is 679 g/mol. The first kappa shape index (κ1) is 47.4. The van der Waals surface area contributed by atoms with Crippen molar-refractivity contribution in [3.63, 3.8) is 0 Å². The van der Waals surface area contributed by atoms with E-state index in [2.05, 4.69) is 13.8 Å². The smallest absolute Gasteiger partial charge is 0.305 e. The molecule has 0 saturated carbocycles. The van der Waals surface area contributed by atoms with Gasteiger partial charge in [0.15, 0.2) is 0 Å². The number of aliphatic hydroxyl groups excluding tert-OH is 1. The normalized spacial score (nSPS) is 12.1. The SMILES string of the molecule is CCCCCCCCCCCCCCCCCCCCCCCCCCCOC(=O)CCCCCCCCCCC(O)CCCCCC. The van der Waals surface area contributed by atoms with Crippen LogP contribution in [0.15, 0.2) is 0 Å². The molecule has 0 bridgehead atoms. The highest BCUT2D eigenvalue weighted by Crippen LogP contribution is 2.17. The summed E-state index contributed by atoms with van der Waals surface area (Å²) in [6.07, 6.45) is 52.3. The van der Waals surface area contributed by atoms with Gasteiger partial charge in [-0.3, -0.25) is 4.79 Å². The van der Waals surface area contributed by atoms with E-state index in [1.54, 1.807) is 0 Å². The molecule has 0 fully saturated rings. The summed E-state index contributed by atoms with van der Waals surface area (Å²) in [6.45, 7) is 5.15. The molecule has 0 rings (SSSR count). The molecule has 0 aliphatic heterocycles. The van der Waals surface area contributed by atoms with Crippen LogP contribution in [0.4, 0.5) is 0 Å². The number of carbonyl (C=O) groups is 1. The summed E-state index contributed by atoms with van der Waals surface area (Å²) in [5.74, 6) is 0.00703. The summed E-state index contributed by atoms with van der Waals surface area (Å²) < 4.78 is 5.46. The van der Waals surface area contributed by atoms with Crippen LogP contribution in [-0.4, -0.2) is 23.8 Å². The fraction of sp³-hybridized carbons (Fsp3) is 0.978. The fourth-order valence-electron chi connectivity index (χ4n) is 7.16. The van der Waals surface area contributed by atoms with Crippen molar-refractivity contribution < 1.29 is 14.6 Å². The molecule has 0 spiro atoms. The van der Waals surface area contributed by atoms with Gasteiger partial charge >= 0.3 is 5.97 Å². The molecule has 3 nitrogen and oxygen atoms in total. The summed E-state index contributed by atoms with van der Waals surface area (Å²) >= 11 is 0. The average Bonchev–Trinajstić information content (AvgIpc) is 3.09. The van der Waals surface area contributed by atoms with Gasteiger partial charge in [0.2, 0.25) is 0 Å². The Morgan fingerprint density at radius 3 is 0.958 bits per heavy atom. The molecule has 0 heterocycles. The van der Waals surface area contributed by atoms with E-state index < -0.39 is 0 Å². The molecular weight excluding hydrogens is 588 g/mol. The third-order valence-corrected chi connectivity index (χ3v) is 10.6. The van der Waals surface area contributed by atoms with E-state index in [4.69, 9.17) is 4.74 Å². The molecule has 0 aromatic rings. The van der Waals surface area contributed by atoms with Gasteiger partial charge < -0.3 is 9.84 Å². The zero-order valence-electron chi connectivity index (χ0n) is 33.3. The first-order valence-electron chi connectivity index (χ1n) is 22.5. The minimum atomic E-state index is -0.0790. The number of ether oxygens (including phenoxy) is 1. The Morgan fingerprint density at radius 2 is 0.625 bits per heavy atom. The Kier molecular flexibility index (Phi) is 42.1. The van der Waals surface area contributed by atoms with Gasteiger partial charge in [-0.15, -0.1) is 0 Å². The van der Waals surface area contributed by atoms with Gasteiger partial charge in [-0.2, -0.15) is 0 Å². The summed E-state index contributed by atoms with van der Waals surface area (Å²) in [5.41, 5.74) is 0. The number of hydrogen-bond acceptors (Lipinski definition) is 3. The van der Waals surface area contributed by atoms with Gasteiger partial charge in [0.25, 0.3) is 0 Å². The molecule has 0 amide bonds. The lowest BCUT2D eigenvalue weighted by Gasteiger charge is -2.10. The van der Waals surface area contributed by atoms with Crippen molar-refractivity contribution in [3.05, 3.63) is 0 Å². The van der Waals surface area contributed by atoms with E-state index >= 15 is 0 Å². The molecule has 48 heavy (non-hydrogen) atoms. The fourth-order valence-corrected chi connectivity index (χ4v) is 7.16. The van der Waals surface area contributed by atoms with Crippen LogP contribution in [-0.2, 0) is 9.53 Å². The minimum absolute atomic E-state index is 0.00703. The zero-order valence-corrected chi connectivity index (χ0v) is 33.3. The van der Waals surface area contributed by atoms with E-state index in [9.17, 15) is 9.90 Å². The van der Waals surface area contributed by atoms with Crippen LogP contribution < -0.4 is 0 Å². The lowest BCUT2D eigenvalue weighted by Crippen LogP contribution is -2.06. The van der Waals surface area contributed by atoms with E-state index in [1.807, 2.05) is 0 Å². The Bertz CT molecular complexity index is 591. The van der Waals surface area contributed by atoms with Crippen molar-refractivity contribution in [1.29, 1.82) is 0 Å². The lowest BCUT2D eigenvalue weighted by molar-refractivity contribution is -0.143. The van der Waals surface area contributed by atoms with Crippen LogP contribution >= 0.6 is 0 Å². The van der Waals surface area contributed by atoms with Crippen LogP contribution in [0.1, 0.15) is 271 Å². The molecule has 0 aliphatic rings. The highest BCUT2D eigenvalue weighted by molar-refractivity contribution is 5.69. The van der Waals surface area contributed by atoms with Crippen LogP contribution in [0.25, 0.3) is 0 Å². The summed E-state index contributed by atoms with van der Waals surface area (Å²) in [6, 6.07) is 0. The van der Waals surface area contributed by atoms with Crippen molar-refractivity contribution in [3.8, 4) is 0 Å². The maximum absolute atomic E-state index is 12.0. The molecular formula is C45H90O3. The molecule has 3 heteroatoms. The van der Waals surface area contributed by atoms with Gasteiger partial charge in [0.05, 0.1) is 12.7 Å². The van der Waals surface area contributed by atoms with Crippen molar-refractivity contribution in [2.75, 3.05) is 6.61 Å². The number of aliphatic hydroxyl groups is 1. The van der Waals surface area contributed by atoms with Crippen LogP contribution in [0.5, 0.6) is 0 Å². The van der Waals surface area contributed by atoms with Gasteiger partial charge in [-0.05, 0) is 25.7 Å². The average molecular weight is 679 g/mol.